The number of benzene rings is 3. The Balaban J connectivity index is 1.43. The molecule has 3 aromatic carbocycles. The lowest BCUT2D eigenvalue weighted by molar-refractivity contribution is -0.113. The number of hydrogen-bond acceptors (Lipinski definition) is 4. The van der Waals surface area contributed by atoms with Crippen molar-refractivity contribution in [2.75, 3.05) is 11.1 Å². The molecule has 3 rings (SSSR count). The van der Waals surface area contributed by atoms with Gasteiger partial charge in [-0.2, -0.15) is 5.26 Å². The molecular weight excluding hydrogens is 368 g/mol. The molecule has 0 radical (unpaired) electrons. The van der Waals surface area contributed by atoms with Crippen LogP contribution in [0, 0.1) is 11.3 Å². The Bertz CT molecular complexity index is 950. The third kappa shape index (κ3) is 5.90. The van der Waals surface area contributed by atoms with Crippen LogP contribution in [0.4, 0.5) is 5.69 Å². The van der Waals surface area contributed by atoms with Crippen molar-refractivity contribution in [3.05, 3.63) is 95.6 Å². The minimum Gasteiger partial charge on any atom is -0.489 e. The van der Waals surface area contributed by atoms with Crippen molar-refractivity contribution < 1.29 is 9.53 Å². The molecule has 28 heavy (non-hydrogen) atoms. The maximum absolute atomic E-state index is 12.1. The molecule has 0 aliphatic rings. The van der Waals surface area contributed by atoms with Gasteiger partial charge in [-0.25, -0.2) is 0 Å². The lowest BCUT2D eigenvalue weighted by Crippen LogP contribution is -2.14. The Morgan fingerprint density at radius 3 is 2.43 bits per heavy atom. The zero-order valence-electron chi connectivity index (χ0n) is 15.3. The second-order valence-electron chi connectivity index (χ2n) is 6.11. The van der Waals surface area contributed by atoms with Gasteiger partial charge in [0.25, 0.3) is 0 Å². The van der Waals surface area contributed by atoms with Gasteiger partial charge in [0, 0.05) is 11.4 Å². The quantitative estimate of drug-likeness (QED) is 0.589. The van der Waals surface area contributed by atoms with E-state index in [1.165, 1.54) is 11.8 Å². The summed E-state index contributed by atoms with van der Waals surface area (Å²) in [6.45, 7) is 0.507. The van der Waals surface area contributed by atoms with Gasteiger partial charge in [0.1, 0.15) is 12.4 Å². The molecule has 0 fully saturated rings. The minimum absolute atomic E-state index is 0.0719. The highest BCUT2D eigenvalue weighted by Gasteiger charge is 2.06. The molecular formula is C23H20N2O2S. The molecule has 0 unspecified atom stereocenters. The van der Waals surface area contributed by atoms with Gasteiger partial charge in [-0.1, -0.05) is 48.5 Å². The van der Waals surface area contributed by atoms with E-state index in [4.69, 9.17) is 10.00 Å². The molecule has 140 valence electrons. The van der Waals surface area contributed by atoms with Crippen LogP contribution in [-0.2, 0) is 17.2 Å². The lowest BCUT2D eigenvalue weighted by atomic mass is 10.1. The number of carbonyl (C=O) groups is 1. The summed E-state index contributed by atoms with van der Waals surface area (Å²) in [7, 11) is 0. The van der Waals surface area contributed by atoms with Gasteiger partial charge in [0.05, 0.1) is 17.4 Å². The van der Waals surface area contributed by atoms with Crippen LogP contribution in [0.5, 0.6) is 5.75 Å². The number of ether oxygens (including phenoxy) is 1. The molecule has 4 nitrogen and oxygen atoms in total. The molecule has 0 aliphatic carbocycles. The summed E-state index contributed by atoms with van der Waals surface area (Å²) in [5.74, 6) is 1.64. The molecule has 1 amide bonds. The van der Waals surface area contributed by atoms with Gasteiger partial charge in [-0.15, -0.1) is 11.8 Å². The largest absolute Gasteiger partial charge is 0.489 e. The van der Waals surface area contributed by atoms with Crippen molar-refractivity contribution in [3.63, 3.8) is 0 Å². The summed E-state index contributed by atoms with van der Waals surface area (Å²) >= 11 is 1.48. The van der Waals surface area contributed by atoms with Gasteiger partial charge in [-0.3, -0.25) is 4.79 Å². The van der Waals surface area contributed by atoms with E-state index in [1.807, 2.05) is 72.8 Å². The number of rotatable bonds is 8. The Morgan fingerprint density at radius 1 is 0.964 bits per heavy atom. The Labute approximate surface area is 169 Å². The fourth-order valence-corrected chi connectivity index (χ4v) is 3.41. The molecule has 0 bridgehead atoms. The second kappa shape index (κ2) is 10.2. The highest BCUT2D eigenvalue weighted by molar-refractivity contribution is 7.99. The fourth-order valence-electron chi connectivity index (χ4n) is 2.58. The summed E-state index contributed by atoms with van der Waals surface area (Å²) in [5, 5.41) is 12.0. The highest BCUT2D eigenvalue weighted by atomic mass is 32.2. The molecule has 1 N–H and O–H groups in total. The summed E-state index contributed by atoms with van der Waals surface area (Å²) < 4.78 is 5.74. The van der Waals surface area contributed by atoms with Gasteiger partial charge in [0.2, 0.25) is 5.91 Å². The van der Waals surface area contributed by atoms with E-state index in [-0.39, 0.29) is 5.91 Å². The molecule has 0 spiro atoms. The summed E-state index contributed by atoms with van der Waals surface area (Å²) in [5.41, 5.74) is 3.44. The number of nitriles is 1. The van der Waals surface area contributed by atoms with Crippen LogP contribution in [0.3, 0.4) is 0 Å². The molecule has 0 atom stereocenters. The minimum atomic E-state index is -0.0719. The number of anilines is 1. The van der Waals surface area contributed by atoms with Gasteiger partial charge in [-0.05, 0) is 41.5 Å². The highest BCUT2D eigenvalue weighted by Crippen LogP contribution is 2.19. The van der Waals surface area contributed by atoms with Crippen molar-refractivity contribution in [2.24, 2.45) is 0 Å². The van der Waals surface area contributed by atoms with E-state index in [9.17, 15) is 4.79 Å². The number of carbonyl (C=O) groups excluding carboxylic acids is 1. The SMILES string of the molecule is N#Cc1ccccc1CSCC(=O)Nc1ccc(OCc2ccccc2)cc1. The van der Waals surface area contributed by atoms with Crippen LogP contribution in [0.2, 0.25) is 0 Å². The maximum Gasteiger partial charge on any atom is 0.234 e. The maximum atomic E-state index is 12.1. The van der Waals surface area contributed by atoms with Crippen molar-refractivity contribution in [1.82, 2.24) is 0 Å². The molecule has 0 aliphatic heterocycles. The zero-order valence-corrected chi connectivity index (χ0v) is 16.1. The van der Waals surface area contributed by atoms with Crippen LogP contribution < -0.4 is 10.1 Å². The third-order valence-electron chi connectivity index (χ3n) is 4.01. The van der Waals surface area contributed by atoms with Gasteiger partial charge in [0.15, 0.2) is 0 Å². The van der Waals surface area contributed by atoms with E-state index in [0.717, 1.165) is 22.6 Å². The summed E-state index contributed by atoms with van der Waals surface area (Å²) in [6.07, 6.45) is 0. The number of thioether (sulfide) groups is 1. The van der Waals surface area contributed by atoms with E-state index < -0.39 is 0 Å². The lowest BCUT2D eigenvalue weighted by Gasteiger charge is -2.09. The first-order valence-corrected chi connectivity index (χ1v) is 10.0. The fraction of sp³-hybridized carbons (Fsp3) is 0.130. The number of nitrogens with zero attached hydrogens (tertiary/aromatic N) is 1. The molecule has 3 aromatic rings. The normalized spacial score (nSPS) is 10.1. The topological polar surface area (TPSA) is 62.1 Å². The summed E-state index contributed by atoms with van der Waals surface area (Å²) in [6, 6.07) is 26.9. The average molecular weight is 388 g/mol. The van der Waals surface area contributed by atoms with Crippen molar-refractivity contribution in [3.8, 4) is 11.8 Å². The van der Waals surface area contributed by atoms with Crippen molar-refractivity contribution in [1.29, 1.82) is 5.26 Å². The first-order valence-electron chi connectivity index (χ1n) is 8.87. The number of amides is 1. The van der Waals surface area contributed by atoms with Crippen LogP contribution in [0.25, 0.3) is 0 Å². The van der Waals surface area contributed by atoms with Crippen LogP contribution in [0.15, 0.2) is 78.9 Å². The molecule has 0 aromatic heterocycles. The van der Waals surface area contributed by atoms with Crippen LogP contribution in [0.1, 0.15) is 16.7 Å². The van der Waals surface area contributed by atoms with Gasteiger partial charge >= 0.3 is 0 Å². The van der Waals surface area contributed by atoms with Gasteiger partial charge < -0.3 is 10.1 Å². The third-order valence-corrected chi connectivity index (χ3v) is 5.00. The monoisotopic (exact) mass is 388 g/mol. The van der Waals surface area contributed by atoms with E-state index in [0.29, 0.717) is 23.7 Å². The second-order valence-corrected chi connectivity index (χ2v) is 7.09. The predicted octanol–water partition coefficient (Wildman–Crippen LogP) is 5.01. The Kier molecular flexibility index (Phi) is 7.11. The summed E-state index contributed by atoms with van der Waals surface area (Å²) in [4.78, 5) is 12.1. The van der Waals surface area contributed by atoms with Crippen LogP contribution in [-0.4, -0.2) is 11.7 Å². The average Bonchev–Trinajstić information content (AvgIpc) is 2.74. The van der Waals surface area contributed by atoms with Crippen LogP contribution >= 0.6 is 11.8 Å². The zero-order chi connectivity index (χ0) is 19.6. The standard InChI is InChI=1S/C23H20N2O2S/c24-14-19-8-4-5-9-20(19)16-28-17-23(26)25-21-10-12-22(13-11-21)27-15-18-6-2-1-3-7-18/h1-13H,15-17H2,(H,25,26). The molecule has 0 saturated carbocycles. The van der Waals surface area contributed by atoms with E-state index >= 15 is 0 Å². The smallest absolute Gasteiger partial charge is 0.234 e. The van der Waals surface area contributed by atoms with Crippen molar-refractivity contribution in [2.45, 2.75) is 12.4 Å². The Morgan fingerprint density at radius 2 is 1.68 bits per heavy atom. The first kappa shape index (κ1) is 19.5. The van der Waals surface area contributed by atoms with Crippen molar-refractivity contribution >= 4 is 23.4 Å². The van der Waals surface area contributed by atoms with E-state index in [1.54, 1.807) is 6.07 Å². The molecule has 0 saturated heterocycles. The number of nitrogens with one attached hydrogen (secondary N) is 1. The van der Waals surface area contributed by atoms with E-state index in [2.05, 4.69) is 11.4 Å². The Hall–Kier alpha value is -3.23. The predicted molar refractivity (Wildman–Crippen MR) is 113 cm³/mol. The molecule has 0 heterocycles. The molecule has 5 heteroatoms. The first-order chi connectivity index (χ1) is 13.7. The number of hydrogen-bond donors (Lipinski definition) is 1.